The van der Waals surface area contributed by atoms with Gasteiger partial charge in [0.05, 0.1) is 6.61 Å². The lowest BCUT2D eigenvalue weighted by Gasteiger charge is -2.25. The van der Waals surface area contributed by atoms with Gasteiger partial charge >= 0.3 is 5.97 Å². The van der Waals surface area contributed by atoms with Crippen molar-refractivity contribution in [2.75, 3.05) is 20.2 Å². The van der Waals surface area contributed by atoms with Gasteiger partial charge in [0.2, 0.25) is 0 Å². The molecule has 2 N–H and O–H groups in total. The quantitative estimate of drug-likeness (QED) is 0.844. The van der Waals surface area contributed by atoms with E-state index >= 15 is 0 Å². The Hall–Kier alpha value is -1.17. The van der Waals surface area contributed by atoms with Crippen molar-refractivity contribution in [1.29, 1.82) is 0 Å². The lowest BCUT2D eigenvalue weighted by atomic mass is 10.0. The second kappa shape index (κ2) is 5.95. The minimum Gasteiger partial charge on any atom is -0.480 e. The molecule has 1 aromatic carbocycles. The highest BCUT2D eigenvalue weighted by molar-refractivity contribution is 6.31. The second-order valence-electron chi connectivity index (χ2n) is 3.58. The zero-order chi connectivity index (χ0) is 13.0. The summed E-state index contributed by atoms with van der Waals surface area (Å²) in [5.41, 5.74) is -0.0855. The Labute approximate surface area is 103 Å². The van der Waals surface area contributed by atoms with Crippen molar-refractivity contribution in [3.05, 3.63) is 34.6 Å². The van der Waals surface area contributed by atoms with Gasteiger partial charge in [-0.15, -0.1) is 0 Å². The Kier molecular flexibility index (Phi) is 4.86. The molecule has 0 radical (unpaired) electrons. The molecule has 94 valence electrons. The fraction of sp³-hybridized carbons (Fsp3) is 0.364. The maximum Gasteiger partial charge on any atom is 0.325 e. The van der Waals surface area contributed by atoms with E-state index in [2.05, 4.69) is 0 Å². The summed E-state index contributed by atoms with van der Waals surface area (Å²) in [4.78, 5) is 12.5. The lowest BCUT2D eigenvalue weighted by molar-refractivity contribution is -0.143. The molecule has 1 rings (SSSR count). The number of benzene rings is 1. The van der Waals surface area contributed by atoms with E-state index in [4.69, 9.17) is 21.8 Å². The molecule has 4 nitrogen and oxygen atoms in total. The predicted octanol–water partition coefficient (Wildman–Crippen LogP) is 1.53. The van der Waals surface area contributed by atoms with E-state index in [0.29, 0.717) is 0 Å². The number of aliphatic carboxylic acids is 1. The van der Waals surface area contributed by atoms with E-state index < -0.39 is 17.8 Å². The lowest BCUT2D eigenvalue weighted by Crippen LogP contribution is -2.33. The molecule has 0 spiro atoms. The number of halogens is 2. The van der Waals surface area contributed by atoms with Gasteiger partial charge in [-0.2, -0.15) is 0 Å². The van der Waals surface area contributed by atoms with Crippen molar-refractivity contribution in [3.63, 3.8) is 0 Å². The van der Waals surface area contributed by atoms with Crippen LogP contribution in [0.4, 0.5) is 4.39 Å². The number of hydrogen-bond donors (Lipinski definition) is 2. The summed E-state index contributed by atoms with van der Waals surface area (Å²) in [6, 6.07) is 2.79. The van der Waals surface area contributed by atoms with Crippen molar-refractivity contribution in [2.45, 2.75) is 6.04 Å². The van der Waals surface area contributed by atoms with Gasteiger partial charge in [0.1, 0.15) is 11.9 Å². The fourth-order valence-corrected chi connectivity index (χ4v) is 1.86. The van der Waals surface area contributed by atoms with Crippen LogP contribution >= 0.6 is 11.6 Å². The van der Waals surface area contributed by atoms with Gasteiger partial charge < -0.3 is 10.2 Å². The van der Waals surface area contributed by atoms with E-state index in [-0.39, 0.29) is 23.7 Å². The average molecular weight is 262 g/mol. The van der Waals surface area contributed by atoms with Gasteiger partial charge in [-0.1, -0.05) is 17.7 Å². The summed E-state index contributed by atoms with van der Waals surface area (Å²) < 4.78 is 13.6. The number of aliphatic hydroxyl groups excluding tert-OH is 1. The second-order valence-corrected chi connectivity index (χ2v) is 3.99. The third-order valence-electron chi connectivity index (χ3n) is 2.40. The Bertz CT molecular complexity index is 393. The first-order valence-electron chi connectivity index (χ1n) is 4.96. The number of carboxylic acid groups (broad SMARTS) is 1. The van der Waals surface area contributed by atoms with E-state index in [1.807, 2.05) is 0 Å². The first kappa shape index (κ1) is 13.9. The summed E-state index contributed by atoms with van der Waals surface area (Å²) in [5, 5.41) is 18.0. The molecule has 0 saturated carbocycles. The van der Waals surface area contributed by atoms with Crippen LogP contribution in [0.1, 0.15) is 11.6 Å². The first-order chi connectivity index (χ1) is 7.99. The normalized spacial score (nSPS) is 12.8. The van der Waals surface area contributed by atoms with E-state index in [9.17, 15) is 9.18 Å². The van der Waals surface area contributed by atoms with Crippen LogP contribution in [0.3, 0.4) is 0 Å². The molecule has 0 aliphatic rings. The molecule has 0 heterocycles. The van der Waals surface area contributed by atoms with Gasteiger partial charge in [0.15, 0.2) is 0 Å². The zero-order valence-corrected chi connectivity index (χ0v) is 9.99. The molecule has 0 saturated heterocycles. The maximum absolute atomic E-state index is 13.6. The van der Waals surface area contributed by atoms with Crippen molar-refractivity contribution >= 4 is 17.6 Å². The van der Waals surface area contributed by atoms with Gasteiger partial charge in [0, 0.05) is 17.1 Å². The molecule has 6 heteroatoms. The Morgan fingerprint density at radius 2 is 2.24 bits per heavy atom. The van der Waals surface area contributed by atoms with Crippen LogP contribution in [0.2, 0.25) is 5.02 Å². The highest BCUT2D eigenvalue weighted by atomic mass is 35.5. The number of rotatable bonds is 5. The molecular weight excluding hydrogens is 249 g/mol. The van der Waals surface area contributed by atoms with Crippen LogP contribution in [0, 0.1) is 5.82 Å². The number of likely N-dealkylation sites (N-methyl/N-ethyl adjacent to an activating group) is 1. The molecule has 1 atom stereocenters. The Balaban J connectivity index is 3.18. The standard InChI is InChI=1S/C11H13ClFNO3/c1-14(5-6-15)10(11(16)17)9-7(12)3-2-4-8(9)13/h2-4,10,15H,5-6H2,1H3,(H,16,17). The largest absolute Gasteiger partial charge is 0.480 e. The molecule has 0 bridgehead atoms. The van der Waals surface area contributed by atoms with Crippen molar-refractivity contribution in [2.24, 2.45) is 0 Å². The molecule has 0 aliphatic heterocycles. The van der Waals surface area contributed by atoms with E-state index in [1.165, 1.54) is 24.1 Å². The topological polar surface area (TPSA) is 60.8 Å². The van der Waals surface area contributed by atoms with E-state index in [0.717, 1.165) is 6.07 Å². The number of carbonyl (C=O) groups is 1. The van der Waals surface area contributed by atoms with Crippen molar-refractivity contribution in [3.8, 4) is 0 Å². The number of carboxylic acids is 1. The molecule has 0 aliphatic carbocycles. The zero-order valence-electron chi connectivity index (χ0n) is 9.23. The van der Waals surface area contributed by atoms with Crippen LogP contribution in [0.25, 0.3) is 0 Å². The molecule has 0 aromatic heterocycles. The summed E-state index contributed by atoms with van der Waals surface area (Å²) in [6.45, 7) is -0.103. The smallest absolute Gasteiger partial charge is 0.325 e. The highest BCUT2D eigenvalue weighted by Gasteiger charge is 2.29. The van der Waals surface area contributed by atoms with Crippen LogP contribution in [0.5, 0.6) is 0 Å². The minimum absolute atomic E-state index is 0.0576. The SMILES string of the molecule is CN(CCO)C(C(=O)O)c1c(F)cccc1Cl. The average Bonchev–Trinajstić information content (AvgIpc) is 2.23. The van der Waals surface area contributed by atoms with Crippen LogP contribution in [-0.2, 0) is 4.79 Å². The summed E-state index contributed by atoms with van der Waals surface area (Å²) in [5.74, 6) is -1.89. The van der Waals surface area contributed by atoms with E-state index in [1.54, 1.807) is 0 Å². The van der Waals surface area contributed by atoms with Crippen molar-refractivity contribution in [1.82, 2.24) is 4.90 Å². The number of nitrogens with zero attached hydrogens (tertiary/aromatic N) is 1. The molecule has 0 fully saturated rings. The van der Waals surface area contributed by atoms with Crippen molar-refractivity contribution < 1.29 is 19.4 Å². The third-order valence-corrected chi connectivity index (χ3v) is 2.73. The molecule has 1 unspecified atom stereocenters. The Morgan fingerprint density at radius 1 is 1.59 bits per heavy atom. The summed E-state index contributed by atoms with van der Waals surface area (Å²) >= 11 is 5.82. The van der Waals surface area contributed by atoms with Crippen LogP contribution in [-0.4, -0.2) is 41.3 Å². The summed E-state index contributed by atoms with van der Waals surface area (Å²) in [6.07, 6.45) is 0. The monoisotopic (exact) mass is 261 g/mol. The first-order valence-corrected chi connectivity index (χ1v) is 5.34. The minimum atomic E-state index is -1.21. The molecular formula is C11H13ClFNO3. The van der Waals surface area contributed by atoms with Crippen LogP contribution in [0.15, 0.2) is 18.2 Å². The molecule has 0 amide bonds. The van der Waals surface area contributed by atoms with Gasteiger partial charge in [-0.05, 0) is 19.2 Å². The van der Waals surface area contributed by atoms with Gasteiger partial charge in [-0.3, -0.25) is 9.69 Å². The maximum atomic E-state index is 13.6. The third kappa shape index (κ3) is 3.15. The number of hydrogen-bond acceptors (Lipinski definition) is 3. The fourth-order valence-electron chi connectivity index (χ4n) is 1.59. The van der Waals surface area contributed by atoms with Gasteiger partial charge in [-0.25, -0.2) is 4.39 Å². The predicted molar refractivity (Wildman–Crippen MR) is 61.5 cm³/mol. The van der Waals surface area contributed by atoms with Crippen LogP contribution < -0.4 is 0 Å². The highest BCUT2D eigenvalue weighted by Crippen LogP contribution is 2.29. The van der Waals surface area contributed by atoms with Gasteiger partial charge in [0.25, 0.3) is 0 Å². The summed E-state index contributed by atoms with van der Waals surface area (Å²) in [7, 11) is 1.48. The molecule has 1 aromatic rings. The number of aliphatic hydroxyl groups is 1. The Morgan fingerprint density at radius 3 is 2.71 bits per heavy atom. The molecule has 17 heavy (non-hydrogen) atoms.